The van der Waals surface area contributed by atoms with Gasteiger partial charge in [0.15, 0.2) is 5.96 Å². The van der Waals surface area contributed by atoms with Crippen LogP contribution in [0.4, 0.5) is 8.78 Å². The van der Waals surface area contributed by atoms with Gasteiger partial charge in [0, 0.05) is 25.3 Å². The second kappa shape index (κ2) is 14.8. The fraction of sp³-hybridized carbons (Fsp3) is 0.409. The summed E-state index contributed by atoms with van der Waals surface area (Å²) in [4.78, 5) is 4.52. The number of halogens is 3. The van der Waals surface area contributed by atoms with E-state index in [2.05, 4.69) is 20.4 Å². The first-order valence-corrected chi connectivity index (χ1v) is 9.85. The number of alkyl halides is 2. The molecule has 2 aromatic rings. The molecule has 0 spiro atoms. The van der Waals surface area contributed by atoms with Gasteiger partial charge in [-0.15, -0.1) is 24.0 Å². The predicted octanol–water partition coefficient (Wildman–Crippen LogP) is 4.71. The zero-order valence-corrected chi connectivity index (χ0v) is 20.3. The number of nitrogens with zero attached hydrogens (tertiary/aromatic N) is 1. The number of aliphatic imine (C=N–C) groups is 1. The van der Waals surface area contributed by atoms with Gasteiger partial charge in [-0.05, 0) is 43.2 Å². The Labute approximate surface area is 199 Å². The molecule has 2 N–H and O–H groups in total. The third-order valence-electron chi connectivity index (χ3n) is 4.26. The molecule has 0 fully saturated rings. The van der Waals surface area contributed by atoms with E-state index in [4.69, 9.17) is 9.47 Å². The van der Waals surface area contributed by atoms with E-state index in [9.17, 15) is 8.78 Å². The van der Waals surface area contributed by atoms with Crippen molar-refractivity contribution in [3.05, 3.63) is 59.2 Å². The standard InChI is InChI=1S/C22H29F2N3O3.HI/c1-4-25-22(26-13-16-8-6-7-9-17(16)15-29-5-2)27-14-18-12-19(28-3)10-11-20(18)30-21(23)24;/h6-12,21H,4-5,13-15H2,1-3H3,(H2,25,26,27);1H. The lowest BCUT2D eigenvalue weighted by Crippen LogP contribution is -2.37. The number of nitrogens with one attached hydrogen (secondary N) is 2. The van der Waals surface area contributed by atoms with Crippen molar-refractivity contribution in [3.63, 3.8) is 0 Å². The highest BCUT2D eigenvalue weighted by Crippen LogP contribution is 2.26. The first-order valence-electron chi connectivity index (χ1n) is 9.85. The van der Waals surface area contributed by atoms with Gasteiger partial charge in [0.05, 0.1) is 20.3 Å². The molecule has 0 atom stereocenters. The van der Waals surface area contributed by atoms with E-state index in [0.29, 0.717) is 43.6 Å². The zero-order valence-electron chi connectivity index (χ0n) is 18.0. The smallest absolute Gasteiger partial charge is 0.387 e. The summed E-state index contributed by atoms with van der Waals surface area (Å²) in [5.41, 5.74) is 2.70. The minimum absolute atomic E-state index is 0. The van der Waals surface area contributed by atoms with Crippen LogP contribution in [0.3, 0.4) is 0 Å². The predicted molar refractivity (Wildman–Crippen MR) is 128 cm³/mol. The SMILES string of the molecule is CCNC(=NCc1cc(OC)ccc1OC(F)F)NCc1ccccc1COCC.I. The summed E-state index contributed by atoms with van der Waals surface area (Å²) in [6, 6.07) is 12.7. The molecule has 9 heteroatoms. The Hall–Kier alpha value is -2.14. The molecule has 6 nitrogen and oxygen atoms in total. The molecule has 0 radical (unpaired) electrons. The lowest BCUT2D eigenvalue weighted by atomic mass is 10.1. The van der Waals surface area contributed by atoms with Crippen molar-refractivity contribution in [1.29, 1.82) is 0 Å². The van der Waals surface area contributed by atoms with Crippen molar-refractivity contribution in [2.45, 2.75) is 40.2 Å². The van der Waals surface area contributed by atoms with Crippen LogP contribution in [-0.2, 0) is 24.4 Å². The van der Waals surface area contributed by atoms with Crippen LogP contribution in [0.5, 0.6) is 11.5 Å². The Balaban J connectivity index is 0.00000480. The number of benzene rings is 2. The maximum absolute atomic E-state index is 12.7. The van der Waals surface area contributed by atoms with Crippen molar-refractivity contribution in [1.82, 2.24) is 10.6 Å². The van der Waals surface area contributed by atoms with Crippen LogP contribution in [0.1, 0.15) is 30.5 Å². The lowest BCUT2D eigenvalue weighted by Gasteiger charge is -2.15. The first kappa shape index (κ1) is 26.9. The highest BCUT2D eigenvalue weighted by molar-refractivity contribution is 14.0. The maximum Gasteiger partial charge on any atom is 0.387 e. The number of ether oxygens (including phenoxy) is 3. The van der Waals surface area contributed by atoms with Gasteiger partial charge in [-0.2, -0.15) is 8.78 Å². The molecule has 0 bridgehead atoms. The molecule has 0 aliphatic rings. The topological polar surface area (TPSA) is 64.1 Å². The highest BCUT2D eigenvalue weighted by atomic mass is 127. The summed E-state index contributed by atoms with van der Waals surface area (Å²) in [6.07, 6.45) is 0. The summed E-state index contributed by atoms with van der Waals surface area (Å²) in [6.45, 7) is 3.55. The van der Waals surface area contributed by atoms with Gasteiger partial charge in [0.1, 0.15) is 11.5 Å². The minimum atomic E-state index is -2.91. The maximum atomic E-state index is 12.7. The molecule has 31 heavy (non-hydrogen) atoms. The molecular formula is C22H30F2IN3O3. The van der Waals surface area contributed by atoms with Gasteiger partial charge in [-0.25, -0.2) is 4.99 Å². The quantitative estimate of drug-likeness (QED) is 0.242. The molecule has 0 saturated carbocycles. The number of guanidine groups is 1. The van der Waals surface area contributed by atoms with Crippen molar-refractivity contribution in [3.8, 4) is 11.5 Å². The molecule has 2 aromatic carbocycles. The fourth-order valence-corrected chi connectivity index (χ4v) is 2.79. The number of methoxy groups -OCH3 is 1. The Morgan fingerprint density at radius 1 is 1.03 bits per heavy atom. The lowest BCUT2D eigenvalue weighted by molar-refractivity contribution is -0.0504. The Morgan fingerprint density at radius 3 is 2.42 bits per heavy atom. The molecule has 0 aromatic heterocycles. The van der Waals surface area contributed by atoms with Crippen molar-refractivity contribution >= 4 is 29.9 Å². The molecule has 0 aliphatic heterocycles. The van der Waals surface area contributed by atoms with E-state index in [1.54, 1.807) is 12.1 Å². The molecule has 0 heterocycles. The normalized spacial score (nSPS) is 11.1. The van der Waals surface area contributed by atoms with E-state index in [1.807, 2.05) is 38.1 Å². The summed E-state index contributed by atoms with van der Waals surface area (Å²) in [5, 5.41) is 6.44. The zero-order chi connectivity index (χ0) is 21.8. The van der Waals surface area contributed by atoms with Crippen LogP contribution in [0, 0.1) is 0 Å². The second-order valence-corrected chi connectivity index (χ2v) is 6.31. The van der Waals surface area contributed by atoms with E-state index in [0.717, 1.165) is 11.1 Å². The number of hydrogen-bond acceptors (Lipinski definition) is 4. The average molecular weight is 549 g/mol. The van der Waals surface area contributed by atoms with E-state index in [1.165, 1.54) is 13.2 Å². The third-order valence-corrected chi connectivity index (χ3v) is 4.26. The van der Waals surface area contributed by atoms with Gasteiger partial charge < -0.3 is 24.8 Å². The van der Waals surface area contributed by atoms with Crippen molar-refractivity contribution in [2.24, 2.45) is 4.99 Å². The molecule has 0 saturated heterocycles. The van der Waals surface area contributed by atoms with Crippen LogP contribution in [0.2, 0.25) is 0 Å². The Kier molecular flexibility index (Phi) is 12.8. The van der Waals surface area contributed by atoms with Crippen LogP contribution < -0.4 is 20.1 Å². The number of hydrogen-bond donors (Lipinski definition) is 2. The van der Waals surface area contributed by atoms with Crippen LogP contribution in [0.25, 0.3) is 0 Å². The molecule has 0 unspecified atom stereocenters. The van der Waals surface area contributed by atoms with Crippen LogP contribution >= 0.6 is 24.0 Å². The monoisotopic (exact) mass is 549 g/mol. The van der Waals surface area contributed by atoms with Gasteiger partial charge in [-0.3, -0.25) is 0 Å². The molecule has 2 rings (SSSR count). The summed E-state index contributed by atoms with van der Waals surface area (Å²) in [5.74, 6) is 1.19. The number of rotatable bonds is 11. The summed E-state index contributed by atoms with van der Waals surface area (Å²) in [7, 11) is 1.52. The van der Waals surface area contributed by atoms with Gasteiger partial charge >= 0.3 is 6.61 Å². The van der Waals surface area contributed by atoms with Gasteiger partial charge in [0.2, 0.25) is 0 Å². The van der Waals surface area contributed by atoms with Crippen LogP contribution in [0.15, 0.2) is 47.5 Å². The Bertz CT molecular complexity index is 822. The highest BCUT2D eigenvalue weighted by Gasteiger charge is 2.11. The molecule has 0 amide bonds. The average Bonchev–Trinajstić information content (AvgIpc) is 2.75. The Morgan fingerprint density at radius 2 is 1.77 bits per heavy atom. The van der Waals surface area contributed by atoms with Crippen molar-refractivity contribution in [2.75, 3.05) is 20.3 Å². The summed E-state index contributed by atoms with van der Waals surface area (Å²) < 4.78 is 40.7. The van der Waals surface area contributed by atoms with Gasteiger partial charge in [0.25, 0.3) is 0 Å². The second-order valence-electron chi connectivity index (χ2n) is 6.31. The molecule has 0 aliphatic carbocycles. The van der Waals surface area contributed by atoms with Gasteiger partial charge in [-0.1, -0.05) is 24.3 Å². The first-order chi connectivity index (χ1) is 14.6. The van der Waals surface area contributed by atoms with Crippen molar-refractivity contribution < 1.29 is 23.0 Å². The molecular weight excluding hydrogens is 519 g/mol. The third kappa shape index (κ3) is 9.26. The largest absolute Gasteiger partial charge is 0.497 e. The van der Waals surface area contributed by atoms with Crippen LogP contribution in [-0.4, -0.2) is 32.8 Å². The summed E-state index contributed by atoms with van der Waals surface area (Å²) >= 11 is 0. The fourth-order valence-electron chi connectivity index (χ4n) is 2.79. The molecule has 172 valence electrons. The minimum Gasteiger partial charge on any atom is -0.497 e. The van der Waals surface area contributed by atoms with E-state index >= 15 is 0 Å². The van der Waals surface area contributed by atoms with E-state index < -0.39 is 6.61 Å². The van der Waals surface area contributed by atoms with E-state index in [-0.39, 0.29) is 36.3 Å².